The van der Waals surface area contributed by atoms with Gasteiger partial charge in [0.15, 0.2) is 11.6 Å². The van der Waals surface area contributed by atoms with E-state index in [0.717, 1.165) is 12.2 Å². The molecule has 8 heteroatoms. The van der Waals surface area contributed by atoms with E-state index in [-0.39, 0.29) is 6.54 Å². The minimum Gasteiger partial charge on any atom is -0.478 e. The second kappa shape index (κ2) is 6.43. The van der Waals surface area contributed by atoms with Gasteiger partial charge in [0.25, 0.3) is 0 Å². The standard InChI is InChI=1S/C11H9F3N2O3/c12-6-4-7(13)10(8(14)5-6)16-11(19)15-3-1-2-9(17)18/h1-2,4-5H,3H2,(H,17,18)(H2,15,16,19)/b2-1+. The lowest BCUT2D eigenvalue weighted by molar-refractivity contribution is -0.131. The fraction of sp³-hybridized carbons (Fsp3) is 0.0909. The zero-order chi connectivity index (χ0) is 14.4. The van der Waals surface area contributed by atoms with Crippen molar-refractivity contribution in [3.8, 4) is 0 Å². The molecule has 2 amide bonds. The number of nitrogens with one attached hydrogen (secondary N) is 2. The molecule has 0 fully saturated rings. The molecule has 0 aliphatic heterocycles. The molecule has 3 N–H and O–H groups in total. The van der Waals surface area contributed by atoms with Gasteiger partial charge >= 0.3 is 12.0 Å². The number of hydrogen-bond donors (Lipinski definition) is 3. The van der Waals surface area contributed by atoms with Crippen LogP contribution >= 0.6 is 0 Å². The molecular formula is C11H9F3N2O3. The van der Waals surface area contributed by atoms with E-state index in [0.29, 0.717) is 12.1 Å². The Labute approximate surface area is 105 Å². The Morgan fingerprint density at radius 2 is 1.79 bits per heavy atom. The van der Waals surface area contributed by atoms with Gasteiger partial charge in [-0.05, 0) is 0 Å². The van der Waals surface area contributed by atoms with Crippen molar-refractivity contribution < 1.29 is 27.9 Å². The van der Waals surface area contributed by atoms with Crippen molar-refractivity contribution in [3.63, 3.8) is 0 Å². The van der Waals surface area contributed by atoms with E-state index in [1.807, 2.05) is 5.32 Å². The first-order valence-corrected chi connectivity index (χ1v) is 4.99. The molecule has 0 radical (unpaired) electrons. The van der Waals surface area contributed by atoms with E-state index < -0.39 is 35.1 Å². The highest BCUT2D eigenvalue weighted by Gasteiger charge is 2.13. The number of benzene rings is 1. The van der Waals surface area contributed by atoms with Crippen molar-refractivity contribution >= 4 is 17.7 Å². The first-order chi connectivity index (χ1) is 8.90. The molecule has 0 atom stereocenters. The molecule has 5 nitrogen and oxygen atoms in total. The molecule has 0 aliphatic carbocycles. The number of carbonyl (C=O) groups excluding carboxylic acids is 1. The lowest BCUT2D eigenvalue weighted by Gasteiger charge is -2.08. The minimum absolute atomic E-state index is 0.150. The molecule has 0 saturated heterocycles. The van der Waals surface area contributed by atoms with Crippen LogP contribution in [0, 0.1) is 17.5 Å². The average Bonchev–Trinajstić information content (AvgIpc) is 2.29. The monoisotopic (exact) mass is 274 g/mol. The molecule has 1 aromatic rings. The van der Waals surface area contributed by atoms with Gasteiger partial charge in [-0.2, -0.15) is 0 Å². The van der Waals surface area contributed by atoms with E-state index in [1.165, 1.54) is 0 Å². The van der Waals surface area contributed by atoms with Crippen LogP contribution in [0.3, 0.4) is 0 Å². The average molecular weight is 274 g/mol. The third kappa shape index (κ3) is 4.70. The molecule has 102 valence electrons. The van der Waals surface area contributed by atoms with Gasteiger partial charge in [0.1, 0.15) is 11.5 Å². The third-order valence-corrected chi connectivity index (χ3v) is 1.89. The van der Waals surface area contributed by atoms with Crippen molar-refractivity contribution in [2.24, 2.45) is 0 Å². The fourth-order valence-corrected chi connectivity index (χ4v) is 1.13. The maximum absolute atomic E-state index is 13.2. The van der Waals surface area contributed by atoms with Crippen molar-refractivity contribution in [2.45, 2.75) is 0 Å². The summed E-state index contributed by atoms with van der Waals surface area (Å²) in [6, 6.07) is -0.120. The Hall–Kier alpha value is -2.51. The summed E-state index contributed by atoms with van der Waals surface area (Å²) in [5, 5.41) is 12.2. The SMILES string of the molecule is O=C(O)/C=C/CNC(=O)Nc1c(F)cc(F)cc1F. The molecule has 0 heterocycles. The number of hydrogen-bond acceptors (Lipinski definition) is 2. The molecular weight excluding hydrogens is 265 g/mol. The maximum atomic E-state index is 13.2. The second-order valence-electron chi connectivity index (χ2n) is 3.32. The number of urea groups is 1. The number of anilines is 1. The van der Waals surface area contributed by atoms with Crippen molar-refractivity contribution in [2.75, 3.05) is 11.9 Å². The molecule has 0 bridgehead atoms. The van der Waals surface area contributed by atoms with Gasteiger partial charge in [0.2, 0.25) is 0 Å². The van der Waals surface area contributed by atoms with E-state index in [1.54, 1.807) is 0 Å². The summed E-state index contributed by atoms with van der Waals surface area (Å²) in [6.45, 7) is -0.150. The van der Waals surface area contributed by atoms with Crippen molar-refractivity contribution in [1.82, 2.24) is 5.32 Å². The van der Waals surface area contributed by atoms with Crippen LogP contribution in [0.2, 0.25) is 0 Å². The predicted octanol–water partition coefficient (Wildman–Crippen LogP) is 1.87. The number of carbonyl (C=O) groups is 2. The predicted molar refractivity (Wildman–Crippen MR) is 60.1 cm³/mol. The number of aliphatic carboxylic acids is 1. The number of rotatable bonds is 4. The van der Waals surface area contributed by atoms with Crippen LogP contribution < -0.4 is 10.6 Å². The van der Waals surface area contributed by atoms with Crippen LogP contribution in [0.1, 0.15) is 0 Å². The Morgan fingerprint density at radius 1 is 1.21 bits per heavy atom. The molecule has 0 saturated carbocycles. The topological polar surface area (TPSA) is 78.4 Å². The minimum atomic E-state index is -1.26. The summed E-state index contributed by atoms with van der Waals surface area (Å²) < 4.78 is 38.9. The maximum Gasteiger partial charge on any atom is 0.328 e. The molecule has 0 aliphatic rings. The van der Waals surface area contributed by atoms with Crippen LogP contribution in [0.15, 0.2) is 24.3 Å². The summed E-state index contributed by atoms with van der Waals surface area (Å²) in [4.78, 5) is 21.3. The van der Waals surface area contributed by atoms with E-state index in [2.05, 4.69) is 5.32 Å². The van der Waals surface area contributed by atoms with Gasteiger partial charge in [0, 0.05) is 24.8 Å². The highest BCUT2D eigenvalue weighted by atomic mass is 19.1. The normalized spacial score (nSPS) is 10.5. The van der Waals surface area contributed by atoms with E-state index >= 15 is 0 Å². The number of carboxylic acids is 1. The summed E-state index contributed by atoms with van der Waals surface area (Å²) >= 11 is 0. The van der Waals surface area contributed by atoms with E-state index in [4.69, 9.17) is 5.11 Å². The van der Waals surface area contributed by atoms with Gasteiger partial charge in [-0.25, -0.2) is 22.8 Å². The van der Waals surface area contributed by atoms with Gasteiger partial charge in [-0.1, -0.05) is 6.08 Å². The van der Waals surface area contributed by atoms with Crippen LogP contribution in [0.25, 0.3) is 0 Å². The number of carboxylic acid groups (broad SMARTS) is 1. The number of amides is 2. The lowest BCUT2D eigenvalue weighted by Crippen LogP contribution is -2.29. The van der Waals surface area contributed by atoms with Crippen LogP contribution in [0.4, 0.5) is 23.7 Å². The van der Waals surface area contributed by atoms with E-state index in [9.17, 15) is 22.8 Å². The van der Waals surface area contributed by atoms with Crippen LogP contribution in [-0.4, -0.2) is 23.7 Å². The Kier molecular flexibility index (Phi) is 4.92. The highest BCUT2D eigenvalue weighted by molar-refractivity contribution is 5.89. The first-order valence-electron chi connectivity index (χ1n) is 4.99. The molecule has 0 spiro atoms. The molecule has 1 rings (SSSR count). The number of halogens is 3. The Morgan fingerprint density at radius 3 is 2.32 bits per heavy atom. The molecule has 19 heavy (non-hydrogen) atoms. The van der Waals surface area contributed by atoms with Gasteiger partial charge in [0.05, 0.1) is 0 Å². The highest BCUT2D eigenvalue weighted by Crippen LogP contribution is 2.19. The zero-order valence-electron chi connectivity index (χ0n) is 9.41. The summed E-state index contributed by atoms with van der Waals surface area (Å²) in [7, 11) is 0. The van der Waals surface area contributed by atoms with Gasteiger partial charge < -0.3 is 15.7 Å². The zero-order valence-corrected chi connectivity index (χ0v) is 9.41. The summed E-state index contributed by atoms with van der Waals surface area (Å²) in [5.74, 6) is -4.81. The summed E-state index contributed by atoms with van der Waals surface area (Å²) in [6.07, 6.45) is 1.92. The second-order valence-corrected chi connectivity index (χ2v) is 3.32. The summed E-state index contributed by atoms with van der Waals surface area (Å²) in [5.41, 5.74) is -0.791. The van der Waals surface area contributed by atoms with Gasteiger partial charge in [-0.15, -0.1) is 0 Å². The van der Waals surface area contributed by atoms with Crippen molar-refractivity contribution in [3.05, 3.63) is 41.7 Å². The lowest BCUT2D eigenvalue weighted by atomic mass is 10.3. The molecule has 0 unspecified atom stereocenters. The molecule has 0 aromatic heterocycles. The Bertz CT molecular complexity index is 509. The van der Waals surface area contributed by atoms with Gasteiger partial charge in [-0.3, -0.25) is 0 Å². The van der Waals surface area contributed by atoms with Crippen LogP contribution in [-0.2, 0) is 4.79 Å². The Balaban J connectivity index is 2.60. The first kappa shape index (κ1) is 14.6. The fourth-order valence-electron chi connectivity index (χ4n) is 1.13. The third-order valence-electron chi connectivity index (χ3n) is 1.89. The van der Waals surface area contributed by atoms with Crippen molar-refractivity contribution in [1.29, 1.82) is 0 Å². The smallest absolute Gasteiger partial charge is 0.328 e. The van der Waals surface area contributed by atoms with Crippen LogP contribution in [0.5, 0.6) is 0 Å². The largest absolute Gasteiger partial charge is 0.478 e. The molecule has 1 aromatic carbocycles. The quantitative estimate of drug-likeness (QED) is 0.733.